The number of carbonyl (C=O) groups excluding carboxylic acids is 2. The molecule has 0 bridgehead atoms. The molecule has 0 atom stereocenters. The third-order valence-electron chi connectivity index (χ3n) is 5.52. The number of hydrogen-bond donors (Lipinski definition) is 1. The first kappa shape index (κ1) is 20.6. The SMILES string of the molecule is Cc1ccc(C2=C(Nc3cc(C)cc(C)c3)C(=O)N(c3cc(C)ccc3C)C2=O)cc1. The van der Waals surface area contributed by atoms with E-state index in [1.165, 1.54) is 4.90 Å². The van der Waals surface area contributed by atoms with Crippen molar-refractivity contribution in [1.82, 2.24) is 0 Å². The molecule has 0 aliphatic carbocycles. The van der Waals surface area contributed by atoms with Crippen molar-refractivity contribution < 1.29 is 9.59 Å². The zero-order valence-corrected chi connectivity index (χ0v) is 18.5. The lowest BCUT2D eigenvalue weighted by Crippen LogP contribution is -2.33. The van der Waals surface area contributed by atoms with Gasteiger partial charge in [0.05, 0.1) is 11.3 Å². The van der Waals surface area contributed by atoms with Crippen LogP contribution in [0.5, 0.6) is 0 Å². The summed E-state index contributed by atoms with van der Waals surface area (Å²) >= 11 is 0. The summed E-state index contributed by atoms with van der Waals surface area (Å²) in [6.45, 7) is 9.89. The van der Waals surface area contributed by atoms with Crippen LogP contribution in [-0.4, -0.2) is 11.8 Å². The number of nitrogens with one attached hydrogen (secondary N) is 1. The second-order valence-electron chi connectivity index (χ2n) is 8.35. The Bertz CT molecular complexity index is 1220. The maximum atomic E-state index is 13.6. The molecule has 0 fully saturated rings. The highest BCUT2D eigenvalue weighted by Gasteiger charge is 2.40. The fraction of sp³-hybridized carbons (Fsp3) is 0.185. The molecule has 0 saturated heterocycles. The maximum absolute atomic E-state index is 13.6. The summed E-state index contributed by atoms with van der Waals surface area (Å²) in [6, 6.07) is 19.5. The monoisotopic (exact) mass is 410 g/mol. The van der Waals surface area contributed by atoms with E-state index in [0.717, 1.165) is 39.1 Å². The minimum Gasteiger partial charge on any atom is -0.350 e. The van der Waals surface area contributed by atoms with Crippen LogP contribution in [0.2, 0.25) is 0 Å². The third-order valence-corrected chi connectivity index (χ3v) is 5.52. The molecule has 0 aromatic heterocycles. The molecular weight excluding hydrogens is 384 g/mol. The number of anilines is 2. The lowest BCUT2D eigenvalue weighted by atomic mass is 10.0. The van der Waals surface area contributed by atoms with Crippen molar-refractivity contribution in [3.05, 3.63) is 99.7 Å². The first-order valence-electron chi connectivity index (χ1n) is 10.4. The number of carbonyl (C=O) groups is 2. The number of amides is 2. The summed E-state index contributed by atoms with van der Waals surface area (Å²) in [5.74, 6) is -0.650. The minimum absolute atomic E-state index is 0.305. The van der Waals surface area contributed by atoms with Crippen molar-refractivity contribution in [3.8, 4) is 0 Å². The maximum Gasteiger partial charge on any atom is 0.282 e. The van der Waals surface area contributed by atoms with Crippen LogP contribution in [0.4, 0.5) is 11.4 Å². The van der Waals surface area contributed by atoms with Gasteiger partial charge < -0.3 is 5.32 Å². The van der Waals surface area contributed by atoms with E-state index < -0.39 is 0 Å². The number of benzene rings is 3. The summed E-state index contributed by atoms with van der Waals surface area (Å²) in [5, 5.41) is 3.27. The predicted octanol–water partition coefficient (Wildman–Crippen LogP) is 5.63. The number of nitrogens with zero attached hydrogens (tertiary/aromatic N) is 1. The molecular formula is C27H26N2O2. The average molecular weight is 411 g/mol. The zero-order chi connectivity index (χ0) is 22.3. The Morgan fingerprint density at radius 3 is 1.90 bits per heavy atom. The normalized spacial score (nSPS) is 13.9. The highest BCUT2D eigenvalue weighted by molar-refractivity contribution is 6.46. The minimum atomic E-state index is -0.339. The molecule has 3 aromatic carbocycles. The number of rotatable bonds is 4. The van der Waals surface area contributed by atoms with Crippen LogP contribution in [-0.2, 0) is 9.59 Å². The van der Waals surface area contributed by atoms with Crippen LogP contribution in [0.25, 0.3) is 5.57 Å². The van der Waals surface area contributed by atoms with Crippen LogP contribution in [0, 0.1) is 34.6 Å². The van der Waals surface area contributed by atoms with Crippen molar-refractivity contribution in [2.75, 3.05) is 10.2 Å². The largest absolute Gasteiger partial charge is 0.350 e. The van der Waals surface area contributed by atoms with Gasteiger partial charge in [0.15, 0.2) is 0 Å². The summed E-state index contributed by atoms with van der Waals surface area (Å²) in [5.41, 5.74) is 7.98. The molecule has 0 radical (unpaired) electrons. The first-order chi connectivity index (χ1) is 14.7. The molecule has 1 aliphatic rings. The first-order valence-corrected chi connectivity index (χ1v) is 10.4. The van der Waals surface area contributed by atoms with E-state index in [9.17, 15) is 9.59 Å². The van der Waals surface area contributed by atoms with Gasteiger partial charge in [0.25, 0.3) is 11.8 Å². The van der Waals surface area contributed by atoms with E-state index >= 15 is 0 Å². The van der Waals surface area contributed by atoms with Crippen molar-refractivity contribution in [1.29, 1.82) is 0 Å². The second kappa shape index (κ2) is 7.88. The Balaban J connectivity index is 1.86. The van der Waals surface area contributed by atoms with Gasteiger partial charge in [-0.2, -0.15) is 0 Å². The molecule has 0 saturated carbocycles. The second-order valence-corrected chi connectivity index (χ2v) is 8.35. The highest BCUT2D eigenvalue weighted by atomic mass is 16.2. The van der Waals surface area contributed by atoms with Gasteiger partial charge in [-0.1, -0.05) is 48.0 Å². The Kier molecular flexibility index (Phi) is 5.24. The van der Waals surface area contributed by atoms with Crippen molar-refractivity contribution in [3.63, 3.8) is 0 Å². The molecule has 1 heterocycles. The number of imide groups is 1. The Morgan fingerprint density at radius 1 is 0.645 bits per heavy atom. The number of hydrogen-bond acceptors (Lipinski definition) is 3. The molecule has 4 heteroatoms. The topological polar surface area (TPSA) is 49.4 Å². The van der Waals surface area contributed by atoms with Crippen LogP contribution in [0.1, 0.15) is 33.4 Å². The Hall–Kier alpha value is -3.66. The van der Waals surface area contributed by atoms with Crippen LogP contribution in [0.3, 0.4) is 0 Å². The molecule has 2 amide bonds. The molecule has 4 rings (SSSR count). The quantitative estimate of drug-likeness (QED) is 0.568. The van der Waals surface area contributed by atoms with E-state index in [1.807, 2.05) is 89.2 Å². The smallest absolute Gasteiger partial charge is 0.282 e. The van der Waals surface area contributed by atoms with E-state index in [2.05, 4.69) is 11.4 Å². The lowest BCUT2D eigenvalue weighted by Gasteiger charge is -2.18. The molecule has 4 nitrogen and oxygen atoms in total. The van der Waals surface area contributed by atoms with E-state index in [4.69, 9.17) is 0 Å². The van der Waals surface area contributed by atoms with Gasteiger partial charge in [0.2, 0.25) is 0 Å². The van der Waals surface area contributed by atoms with E-state index in [0.29, 0.717) is 17.0 Å². The lowest BCUT2D eigenvalue weighted by molar-refractivity contribution is -0.120. The van der Waals surface area contributed by atoms with Gasteiger partial charge in [0.1, 0.15) is 5.70 Å². The predicted molar refractivity (Wildman–Crippen MR) is 126 cm³/mol. The van der Waals surface area contributed by atoms with Crippen molar-refractivity contribution >= 4 is 28.8 Å². The van der Waals surface area contributed by atoms with E-state index in [-0.39, 0.29) is 11.8 Å². The highest BCUT2D eigenvalue weighted by Crippen LogP contribution is 2.35. The average Bonchev–Trinajstić information content (AvgIpc) is 2.94. The molecule has 156 valence electrons. The molecule has 31 heavy (non-hydrogen) atoms. The molecule has 1 aliphatic heterocycles. The number of aryl methyl sites for hydroxylation is 5. The van der Waals surface area contributed by atoms with Crippen molar-refractivity contribution in [2.24, 2.45) is 0 Å². The van der Waals surface area contributed by atoms with Gasteiger partial charge in [0, 0.05) is 5.69 Å². The Morgan fingerprint density at radius 2 is 1.26 bits per heavy atom. The van der Waals surface area contributed by atoms with Crippen molar-refractivity contribution in [2.45, 2.75) is 34.6 Å². The van der Waals surface area contributed by atoms with Crippen LogP contribution >= 0.6 is 0 Å². The molecule has 0 spiro atoms. The van der Waals surface area contributed by atoms with Gasteiger partial charge in [-0.15, -0.1) is 0 Å². The summed E-state index contributed by atoms with van der Waals surface area (Å²) in [7, 11) is 0. The van der Waals surface area contributed by atoms with Gasteiger partial charge in [-0.05, 0) is 80.6 Å². The third kappa shape index (κ3) is 3.89. The fourth-order valence-corrected chi connectivity index (χ4v) is 4.00. The zero-order valence-electron chi connectivity index (χ0n) is 18.5. The van der Waals surface area contributed by atoms with E-state index in [1.54, 1.807) is 0 Å². The molecule has 3 aromatic rings. The van der Waals surface area contributed by atoms with Gasteiger partial charge in [-0.25, -0.2) is 4.90 Å². The molecule has 1 N–H and O–H groups in total. The standard InChI is InChI=1S/C27H26N2O2/c1-16-7-10-21(11-8-16)24-25(28-22-13-18(3)12-19(4)14-22)27(31)29(26(24)30)23-15-17(2)6-9-20(23)5/h6-15,28H,1-5H3. The van der Waals surface area contributed by atoms with Gasteiger partial charge >= 0.3 is 0 Å². The summed E-state index contributed by atoms with van der Waals surface area (Å²) in [6.07, 6.45) is 0. The summed E-state index contributed by atoms with van der Waals surface area (Å²) < 4.78 is 0. The molecule has 0 unspecified atom stereocenters. The van der Waals surface area contributed by atoms with Crippen LogP contribution < -0.4 is 10.2 Å². The summed E-state index contributed by atoms with van der Waals surface area (Å²) in [4.78, 5) is 28.5. The van der Waals surface area contributed by atoms with Crippen LogP contribution in [0.15, 0.2) is 66.4 Å². The Labute approximate surface area is 183 Å². The fourth-order valence-electron chi connectivity index (χ4n) is 4.00. The van der Waals surface area contributed by atoms with Gasteiger partial charge in [-0.3, -0.25) is 9.59 Å².